The first kappa shape index (κ1) is 21.1. The number of nitro groups is 1. The van der Waals surface area contributed by atoms with Gasteiger partial charge in [-0.3, -0.25) is 14.9 Å². The molecule has 9 heteroatoms. The Balaban J connectivity index is 1.77. The second kappa shape index (κ2) is 9.64. The van der Waals surface area contributed by atoms with Gasteiger partial charge in [0.25, 0.3) is 0 Å². The Kier molecular flexibility index (Phi) is 7.82. The van der Waals surface area contributed by atoms with Gasteiger partial charge in [-0.15, -0.1) is 0 Å². The van der Waals surface area contributed by atoms with Crippen LogP contribution in [-0.2, 0) is 19.6 Å². The molecule has 2 unspecified atom stereocenters. The van der Waals surface area contributed by atoms with Gasteiger partial charge in [-0.1, -0.05) is 0 Å². The van der Waals surface area contributed by atoms with Crippen LogP contribution in [0.5, 0.6) is 0 Å². The molecule has 0 saturated heterocycles. The van der Waals surface area contributed by atoms with E-state index in [4.69, 9.17) is 4.74 Å². The van der Waals surface area contributed by atoms with Gasteiger partial charge in [0.1, 0.15) is 0 Å². The molecule has 0 bridgehead atoms. The van der Waals surface area contributed by atoms with Crippen LogP contribution < -0.4 is 4.72 Å². The van der Waals surface area contributed by atoms with Crippen molar-refractivity contribution >= 4 is 16.0 Å². The number of nitrogens with zero attached hydrogens (tertiary/aromatic N) is 1. The Morgan fingerprint density at radius 2 is 1.88 bits per heavy atom. The number of nitrogens with one attached hydrogen (secondary N) is 1. The van der Waals surface area contributed by atoms with Crippen molar-refractivity contribution in [3.63, 3.8) is 0 Å². The molecule has 0 aromatic carbocycles. The van der Waals surface area contributed by atoms with Gasteiger partial charge in [-0.25, -0.2) is 13.1 Å². The normalized spacial score (nSPS) is 29.9. The molecule has 0 radical (unpaired) electrons. The van der Waals surface area contributed by atoms with Gasteiger partial charge in [-0.2, -0.15) is 0 Å². The number of esters is 1. The monoisotopic (exact) mass is 390 g/mol. The minimum atomic E-state index is -3.53. The third kappa shape index (κ3) is 6.19. The first-order valence-electron chi connectivity index (χ1n) is 9.62. The average Bonchev–Trinajstić information content (AvgIpc) is 2.61. The van der Waals surface area contributed by atoms with Gasteiger partial charge >= 0.3 is 5.97 Å². The van der Waals surface area contributed by atoms with Crippen LogP contribution in [0.4, 0.5) is 0 Å². The standard InChI is InChI=1S/C17H30N2O6S/c1-2-25-17(20)11-8-13-6-9-14(10-7-13)18-26(23,24)16-5-3-4-15(12-16)19(21)22/h13-16,18H,2-12H2,1H3. The molecule has 2 atom stereocenters. The molecule has 8 nitrogen and oxygen atoms in total. The highest BCUT2D eigenvalue weighted by Gasteiger charge is 2.38. The Labute approximate surface area is 155 Å². The van der Waals surface area contributed by atoms with Crippen LogP contribution in [0.15, 0.2) is 0 Å². The fourth-order valence-corrected chi connectivity index (χ4v) is 5.89. The molecular weight excluding hydrogens is 360 g/mol. The van der Waals surface area contributed by atoms with E-state index < -0.39 is 21.3 Å². The summed E-state index contributed by atoms with van der Waals surface area (Å²) in [6, 6.07) is -0.848. The predicted octanol–water partition coefficient (Wildman–Crippen LogP) is 2.40. The first-order valence-corrected chi connectivity index (χ1v) is 11.2. The van der Waals surface area contributed by atoms with Crippen LogP contribution in [0.1, 0.15) is 71.1 Å². The average molecular weight is 391 g/mol. The number of sulfonamides is 1. The highest BCUT2D eigenvalue weighted by atomic mass is 32.2. The molecule has 0 aromatic rings. The summed E-state index contributed by atoms with van der Waals surface area (Å²) >= 11 is 0. The van der Waals surface area contributed by atoms with Crippen LogP contribution in [0.25, 0.3) is 0 Å². The maximum absolute atomic E-state index is 12.6. The molecule has 0 aliphatic heterocycles. The van der Waals surface area contributed by atoms with Crippen LogP contribution in [0, 0.1) is 16.0 Å². The number of rotatable bonds is 8. The van der Waals surface area contributed by atoms with E-state index in [1.165, 1.54) is 0 Å². The Morgan fingerprint density at radius 1 is 1.19 bits per heavy atom. The summed E-state index contributed by atoms with van der Waals surface area (Å²) in [5, 5.41) is 10.3. The molecule has 150 valence electrons. The molecule has 26 heavy (non-hydrogen) atoms. The SMILES string of the molecule is CCOC(=O)CCC1CCC(NS(=O)(=O)C2CCCC([N+](=O)[O-])C2)CC1. The second-order valence-corrected chi connectivity index (χ2v) is 9.44. The summed E-state index contributed by atoms with van der Waals surface area (Å²) in [6.45, 7) is 2.18. The van der Waals surface area contributed by atoms with E-state index in [2.05, 4.69) is 4.72 Å². The van der Waals surface area contributed by atoms with Crippen molar-refractivity contribution in [3.05, 3.63) is 10.1 Å². The third-order valence-corrected chi connectivity index (χ3v) is 7.54. The largest absolute Gasteiger partial charge is 0.466 e. The lowest BCUT2D eigenvalue weighted by molar-refractivity contribution is -0.526. The quantitative estimate of drug-likeness (QED) is 0.386. The zero-order valence-electron chi connectivity index (χ0n) is 15.4. The number of ether oxygens (including phenoxy) is 1. The van der Waals surface area contributed by atoms with E-state index in [9.17, 15) is 23.3 Å². The Hall–Kier alpha value is -1.22. The zero-order valence-corrected chi connectivity index (χ0v) is 16.2. The lowest BCUT2D eigenvalue weighted by Gasteiger charge is -2.31. The van der Waals surface area contributed by atoms with Crippen LogP contribution in [-0.4, -0.2) is 43.3 Å². The van der Waals surface area contributed by atoms with Gasteiger partial charge < -0.3 is 4.74 Å². The Bertz CT molecular complexity index is 586. The highest BCUT2D eigenvalue weighted by Crippen LogP contribution is 2.30. The molecule has 1 N–H and O–H groups in total. The predicted molar refractivity (Wildman–Crippen MR) is 96.7 cm³/mol. The zero-order chi connectivity index (χ0) is 19.2. The van der Waals surface area contributed by atoms with E-state index in [0.29, 0.717) is 38.2 Å². The Morgan fingerprint density at radius 3 is 2.50 bits per heavy atom. The molecule has 2 rings (SSSR count). The van der Waals surface area contributed by atoms with Crippen LogP contribution in [0.2, 0.25) is 0 Å². The van der Waals surface area contributed by atoms with Crippen molar-refractivity contribution < 1.29 is 22.9 Å². The molecule has 2 fully saturated rings. The van der Waals surface area contributed by atoms with Gasteiger partial charge in [-0.05, 0) is 57.8 Å². The van der Waals surface area contributed by atoms with Crippen molar-refractivity contribution in [1.82, 2.24) is 4.72 Å². The first-order chi connectivity index (χ1) is 12.3. The fraction of sp³-hybridized carbons (Fsp3) is 0.941. The van der Waals surface area contributed by atoms with Crippen LogP contribution in [0.3, 0.4) is 0 Å². The smallest absolute Gasteiger partial charge is 0.305 e. The molecule has 0 amide bonds. The molecule has 2 aliphatic carbocycles. The van der Waals surface area contributed by atoms with Gasteiger partial charge in [0.15, 0.2) is 0 Å². The van der Waals surface area contributed by atoms with Crippen molar-refractivity contribution in [2.45, 2.75) is 88.5 Å². The van der Waals surface area contributed by atoms with Gasteiger partial charge in [0.2, 0.25) is 16.1 Å². The van der Waals surface area contributed by atoms with E-state index in [0.717, 1.165) is 32.1 Å². The van der Waals surface area contributed by atoms with E-state index in [1.54, 1.807) is 6.92 Å². The molecule has 2 aliphatic rings. The van der Waals surface area contributed by atoms with E-state index in [1.807, 2.05) is 0 Å². The number of hydrogen-bond donors (Lipinski definition) is 1. The maximum atomic E-state index is 12.6. The fourth-order valence-electron chi connectivity index (χ4n) is 4.05. The van der Waals surface area contributed by atoms with Crippen LogP contribution >= 0.6 is 0 Å². The van der Waals surface area contributed by atoms with Gasteiger partial charge in [0, 0.05) is 30.2 Å². The number of hydrogen-bond acceptors (Lipinski definition) is 6. The second-order valence-electron chi connectivity index (χ2n) is 7.45. The van der Waals surface area contributed by atoms with Crippen molar-refractivity contribution in [1.29, 1.82) is 0 Å². The molecule has 0 aromatic heterocycles. The summed E-state index contributed by atoms with van der Waals surface area (Å²) in [5.74, 6) is 0.252. The van der Waals surface area contributed by atoms with Crippen molar-refractivity contribution in [2.75, 3.05) is 6.61 Å². The summed E-state index contributed by atoms with van der Waals surface area (Å²) in [7, 11) is -3.53. The van der Waals surface area contributed by atoms with Crippen molar-refractivity contribution in [3.8, 4) is 0 Å². The minimum absolute atomic E-state index is 0.102. The minimum Gasteiger partial charge on any atom is -0.466 e. The van der Waals surface area contributed by atoms with Crippen molar-refractivity contribution in [2.24, 2.45) is 5.92 Å². The summed E-state index contributed by atoms with van der Waals surface area (Å²) in [4.78, 5) is 22.0. The lowest BCUT2D eigenvalue weighted by atomic mass is 9.84. The third-order valence-electron chi connectivity index (χ3n) is 5.58. The van der Waals surface area contributed by atoms with Gasteiger partial charge in [0.05, 0.1) is 11.9 Å². The topological polar surface area (TPSA) is 116 Å². The van der Waals surface area contributed by atoms with E-state index in [-0.39, 0.29) is 23.4 Å². The number of carbonyl (C=O) groups is 1. The summed E-state index contributed by atoms with van der Waals surface area (Å²) in [6.07, 6.45) is 6.11. The summed E-state index contributed by atoms with van der Waals surface area (Å²) < 4.78 is 32.9. The van der Waals surface area contributed by atoms with E-state index >= 15 is 0 Å². The lowest BCUT2D eigenvalue weighted by Crippen LogP contribution is -2.45. The molecule has 0 spiro atoms. The number of carbonyl (C=O) groups excluding carboxylic acids is 1. The summed E-state index contributed by atoms with van der Waals surface area (Å²) in [5.41, 5.74) is 0. The molecular formula is C17H30N2O6S. The highest BCUT2D eigenvalue weighted by molar-refractivity contribution is 7.90. The maximum Gasteiger partial charge on any atom is 0.305 e. The molecule has 2 saturated carbocycles. The molecule has 0 heterocycles.